The van der Waals surface area contributed by atoms with Crippen molar-refractivity contribution in [3.63, 3.8) is 0 Å². The van der Waals surface area contributed by atoms with Gasteiger partial charge < -0.3 is 10.6 Å². The second-order valence-electron chi connectivity index (χ2n) is 5.97. The first-order valence-corrected chi connectivity index (χ1v) is 8.26. The van der Waals surface area contributed by atoms with E-state index in [2.05, 4.69) is 39.3 Å². The molecule has 1 fully saturated rings. The molecule has 0 radical (unpaired) electrons. The molecular weight excluding hydrogens is 262 g/mol. The van der Waals surface area contributed by atoms with E-state index in [0.29, 0.717) is 6.04 Å². The van der Waals surface area contributed by atoms with Gasteiger partial charge in [0.15, 0.2) is 0 Å². The fourth-order valence-electron chi connectivity index (χ4n) is 2.72. The molecule has 1 aliphatic rings. The summed E-state index contributed by atoms with van der Waals surface area (Å²) in [4.78, 5) is 11.5. The lowest BCUT2D eigenvalue weighted by Crippen LogP contribution is -2.41. The number of hydrogen-bond acceptors (Lipinski definition) is 5. The van der Waals surface area contributed by atoms with Crippen LogP contribution in [0.2, 0.25) is 0 Å². The van der Waals surface area contributed by atoms with Crippen LogP contribution in [0.4, 0.5) is 11.8 Å². The Morgan fingerprint density at radius 3 is 2.67 bits per heavy atom. The van der Waals surface area contributed by atoms with Gasteiger partial charge in [0, 0.05) is 30.9 Å². The van der Waals surface area contributed by atoms with Crippen LogP contribution < -0.4 is 10.6 Å². The lowest BCUT2D eigenvalue weighted by Gasteiger charge is -2.32. The summed E-state index contributed by atoms with van der Waals surface area (Å²) in [6, 6.07) is 2.56. The average Bonchev–Trinajstić information content (AvgIpc) is 2.51. The third kappa shape index (κ3) is 5.16. The maximum absolute atomic E-state index is 4.54. The van der Waals surface area contributed by atoms with Gasteiger partial charge in [-0.25, -0.2) is 4.98 Å². The summed E-state index contributed by atoms with van der Waals surface area (Å²) >= 11 is 0. The van der Waals surface area contributed by atoms with Gasteiger partial charge in [0.05, 0.1) is 0 Å². The van der Waals surface area contributed by atoms with Crippen LogP contribution >= 0.6 is 0 Å². The van der Waals surface area contributed by atoms with Crippen molar-refractivity contribution in [2.24, 2.45) is 0 Å². The van der Waals surface area contributed by atoms with E-state index in [0.717, 1.165) is 37.0 Å². The van der Waals surface area contributed by atoms with Crippen molar-refractivity contribution in [3.8, 4) is 0 Å². The van der Waals surface area contributed by atoms with Gasteiger partial charge in [0.25, 0.3) is 0 Å². The fourth-order valence-corrected chi connectivity index (χ4v) is 2.72. The van der Waals surface area contributed by atoms with E-state index >= 15 is 0 Å². The molecule has 21 heavy (non-hydrogen) atoms. The Kier molecular flexibility index (Phi) is 6.23. The second-order valence-corrected chi connectivity index (χ2v) is 5.97. The van der Waals surface area contributed by atoms with Gasteiger partial charge in [0.1, 0.15) is 5.82 Å². The van der Waals surface area contributed by atoms with Crippen LogP contribution in [0.1, 0.15) is 45.2 Å². The lowest BCUT2D eigenvalue weighted by atomic mass is 10.1. The lowest BCUT2D eigenvalue weighted by molar-refractivity contribution is 0.180. The quantitative estimate of drug-likeness (QED) is 0.809. The zero-order valence-electron chi connectivity index (χ0n) is 13.7. The highest BCUT2D eigenvalue weighted by Gasteiger charge is 2.16. The standard InChI is InChI=1S/C16H29N5/c1-4-8-17-16-19-13(2)11-15(20-16)18-12-14(3)21-9-6-5-7-10-21/h11,14H,4-10,12H2,1-3H3,(H2,17,18,19,20). The molecule has 5 heteroatoms. The van der Waals surface area contributed by atoms with Crippen molar-refractivity contribution in [1.82, 2.24) is 14.9 Å². The van der Waals surface area contributed by atoms with E-state index in [1.54, 1.807) is 0 Å². The minimum Gasteiger partial charge on any atom is -0.368 e. The maximum atomic E-state index is 4.54. The van der Waals surface area contributed by atoms with Crippen molar-refractivity contribution < 1.29 is 0 Å². The number of rotatable bonds is 7. The molecule has 0 aliphatic carbocycles. The maximum Gasteiger partial charge on any atom is 0.224 e. The van der Waals surface area contributed by atoms with Crippen molar-refractivity contribution in [1.29, 1.82) is 0 Å². The molecule has 2 N–H and O–H groups in total. The summed E-state index contributed by atoms with van der Waals surface area (Å²) in [5.74, 6) is 1.65. The molecule has 0 bridgehead atoms. The molecule has 1 atom stereocenters. The number of nitrogens with one attached hydrogen (secondary N) is 2. The topological polar surface area (TPSA) is 53.1 Å². The number of nitrogens with zero attached hydrogens (tertiary/aromatic N) is 3. The zero-order chi connectivity index (χ0) is 15.1. The fraction of sp³-hybridized carbons (Fsp3) is 0.750. The van der Waals surface area contributed by atoms with Crippen LogP contribution in [0.5, 0.6) is 0 Å². The highest BCUT2D eigenvalue weighted by molar-refractivity contribution is 5.42. The van der Waals surface area contributed by atoms with Crippen LogP contribution in [0.3, 0.4) is 0 Å². The van der Waals surface area contributed by atoms with E-state index in [-0.39, 0.29) is 0 Å². The Labute approximate surface area is 128 Å². The second kappa shape index (κ2) is 8.17. The van der Waals surface area contributed by atoms with Crippen molar-refractivity contribution in [2.75, 3.05) is 36.8 Å². The first kappa shape index (κ1) is 16.0. The minimum absolute atomic E-state index is 0.549. The van der Waals surface area contributed by atoms with E-state index in [9.17, 15) is 0 Å². The summed E-state index contributed by atoms with van der Waals surface area (Å²) in [5, 5.41) is 6.72. The van der Waals surface area contributed by atoms with Crippen molar-refractivity contribution in [3.05, 3.63) is 11.8 Å². The predicted molar refractivity (Wildman–Crippen MR) is 88.9 cm³/mol. The molecule has 118 valence electrons. The van der Waals surface area contributed by atoms with E-state index < -0.39 is 0 Å². The SMILES string of the molecule is CCCNc1nc(C)cc(NCC(C)N2CCCCC2)n1. The van der Waals surface area contributed by atoms with E-state index in [4.69, 9.17) is 0 Å². The molecule has 0 saturated carbocycles. The molecule has 0 amide bonds. The van der Waals surface area contributed by atoms with Crippen LogP contribution in [0.25, 0.3) is 0 Å². The zero-order valence-corrected chi connectivity index (χ0v) is 13.7. The molecule has 1 unspecified atom stereocenters. The van der Waals surface area contributed by atoms with Gasteiger partial charge in [-0.05, 0) is 46.2 Å². The largest absolute Gasteiger partial charge is 0.368 e. The molecule has 1 aromatic heterocycles. The summed E-state index contributed by atoms with van der Waals surface area (Å²) < 4.78 is 0. The van der Waals surface area contributed by atoms with Crippen molar-refractivity contribution >= 4 is 11.8 Å². The molecule has 0 spiro atoms. The molecule has 1 aliphatic heterocycles. The normalized spacial score (nSPS) is 17.5. The van der Waals surface area contributed by atoms with Gasteiger partial charge in [-0.15, -0.1) is 0 Å². The average molecular weight is 291 g/mol. The summed E-state index contributed by atoms with van der Waals surface area (Å²) in [5.41, 5.74) is 0.997. The van der Waals surface area contributed by atoms with Gasteiger partial charge in [-0.1, -0.05) is 13.3 Å². The van der Waals surface area contributed by atoms with Crippen LogP contribution in [-0.4, -0.2) is 47.1 Å². The third-order valence-electron chi connectivity index (χ3n) is 3.98. The predicted octanol–water partition coefficient (Wildman–Crippen LogP) is 2.89. The third-order valence-corrected chi connectivity index (χ3v) is 3.98. The Hall–Kier alpha value is -1.36. The van der Waals surface area contributed by atoms with Gasteiger partial charge >= 0.3 is 0 Å². The highest BCUT2D eigenvalue weighted by Crippen LogP contribution is 2.14. The first-order chi connectivity index (χ1) is 10.2. The monoisotopic (exact) mass is 291 g/mol. The molecule has 2 heterocycles. The Morgan fingerprint density at radius 2 is 1.95 bits per heavy atom. The number of aryl methyl sites for hydroxylation is 1. The summed E-state index contributed by atoms with van der Waals surface area (Å²) in [6.45, 7) is 10.8. The Balaban J connectivity index is 1.87. The van der Waals surface area contributed by atoms with Crippen molar-refractivity contribution in [2.45, 2.75) is 52.5 Å². The number of likely N-dealkylation sites (tertiary alicyclic amines) is 1. The summed E-state index contributed by atoms with van der Waals surface area (Å²) in [7, 11) is 0. The molecule has 1 saturated heterocycles. The van der Waals surface area contributed by atoms with Crippen LogP contribution in [0.15, 0.2) is 6.07 Å². The number of anilines is 2. The van der Waals surface area contributed by atoms with Crippen LogP contribution in [-0.2, 0) is 0 Å². The smallest absolute Gasteiger partial charge is 0.224 e. The van der Waals surface area contributed by atoms with E-state index in [1.807, 2.05) is 13.0 Å². The minimum atomic E-state index is 0.549. The number of piperidine rings is 1. The molecule has 5 nitrogen and oxygen atoms in total. The molecule has 2 rings (SSSR count). The molecule has 1 aromatic rings. The molecular formula is C16H29N5. The van der Waals surface area contributed by atoms with Gasteiger partial charge in [0.2, 0.25) is 5.95 Å². The number of hydrogen-bond donors (Lipinski definition) is 2. The van der Waals surface area contributed by atoms with Gasteiger partial charge in [-0.3, -0.25) is 4.90 Å². The first-order valence-electron chi connectivity index (χ1n) is 8.26. The van der Waals surface area contributed by atoms with Gasteiger partial charge in [-0.2, -0.15) is 4.98 Å². The highest BCUT2D eigenvalue weighted by atomic mass is 15.2. The summed E-state index contributed by atoms with van der Waals surface area (Å²) in [6.07, 6.45) is 5.13. The Bertz CT molecular complexity index is 429. The number of aromatic nitrogens is 2. The van der Waals surface area contributed by atoms with E-state index in [1.165, 1.54) is 32.4 Å². The molecule has 0 aromatic carbocycles. The Morgan fingerprint density at radius 1 is 1.19 bits per heavy atom. The van der Waals surface area contributed by atoms with Crippen LogP contribution in [0, 0.1) is 6.92 Å².